The van der Waals surface area contributed by atoms with Crippen molar-refractivity contribution in [1.82, 2.24) is 10.2 Å². The summed E-state index contributed by atoms with van der Waals surface area (Å²) in [6.07, 6.45) is 2.43. The summed E-state index contributed by atoms with van der Waals surface area (Å²) < 4.78 is 0. The number of aliphatic hydroxyl groups excluding tert-OH is 1. The van der Waals surface area contributed by atoms with Crippen molar-refractivity contribution in [1.29, 1.82) is 0 Å². The fourth-order valence-corrected chi connectivity index (χ4v) is 3.49. The average Bonchev–Trinajstić information content (AvgIpc) is 3.28. The summed E-state index contributed by atoms with van der Waals surface area (Å²) in [4.78, 5) is 2.46. The third-order valence-electron chi connectivity index (χ3n) is 4.52. The minimum atomic E-state index is -0.202. The molecule has 1 aliphatic heterocycles. The summed E-state index contributed by atoms with van der Waals surface area (Å²) in [6, 6.07) is 8.04. The average molecular weight is 281 g/mol. The number of halogens is 1. The summed E-state index contributed by atoms with van der Waals surface area (Å²) in [5.74, 6) is 0.580. The third-order valence-corrected chi connectivity index (χ3v) is 4.77. The summed E-state index contributed by atoms with van der Waals surface area (Å²) in [5, 5.41) is 14.3. The molecule has 1 saturated carbocycles. The third kappa shape index (κ3) is 2.40. The van der Waals surface area contributed by atoms with E-state index < -0.39 is 0 Å². The molecule has 1 atom stereocenters. The van der Waals surface area contributed by atoms with Gasteiger partial charge in [-0.1, -0.05) is 23.7 Å². The van der Waals surface area contributed by atoms with Gasteiger partial charge in [-0.2, -0.15) is 0 Å². The second kappa shape index (κ2) is 5.41. The van der Waals surface area contributed by atoms with Gasteiger partial charge in [0, 0.05) is 31.2 Å². The zero-order valence-corrected chi connectivity index (χ0v) is 11.9. The molecule has 2 aliphatic rings. The maximum absolute atomic E-state index is 10.2. The predicted octanol–water partition coefficient (Wildman–Crippen LogP) is 1.84. The van der Waals surface area contributed by atoms with E-state index >= 15 is 0 Å². The summed E-state index contributed by atoms with van der Waals surface area (Å²) in [5.41, 5.74) is 1.01. The van der Waals surface area contributed by atoms with Crippen LogP contribution in [0.25, 0.3) is 0 Å². The fourth-order valence-electron chi connectivity index (χ4n) is 3.36. The number of hydrogen-bond donors (Lipinski definition) is 2. The Morgan fingerprint density at radius 3 is 2.37 bits per heavy atom. The lowest BCUT2D eigenvalue weighted by Gasteiger charge is -2.46. The van der Waals surface area contributed by atoms with E-state index in [9.17, 15) is 5.11 Å². The van der Waals surface area contributed by atoms with Crippen LogP contribution >= 0.6 is 11.6 Å². The predicted molar refractivity (Wildman–Crippen MR) is 77.4 cm³/mol. The highest BCUT2D eigenvalue weighted by atomic mass is 35.5. The molecule has 0 spiro atoms. The number of rotatable bonds is 4. The van der Waals surface area contributed by atoms with Crippen LogP contribution in [0.15, 0.2) is 24.3 Å². The van der Waals surface area contributed by atoms with Crippen molar-refractivity contribution in [3.05, 3.63) is 34.9 Å². The van der Waals surface area contributed by atoms with Crippen molar-refractivity contribution in [2.45, 2.75) is 18.4 Å². The molecular formula is C15H21ClN2O. The van der Waals surface area contributed by atoms with Gasteiger partial charge in [0.05, 0.1) is 12.1 Å². The minimum Gasteiger partial charge on any atom is -0.394 e. The Morgan fingerprint density at radius 1 is 1.21 bits per heavy atom. The Kier molecular flexibility index (Phi) is 3.81. The van der Waals surface area contributed by atoms with Gasteiger partial charge >= 0.3 is 0 Å². The molecule has 4 heteroatoms. The number of benzene rings is 1. The van der Waals surface area contributed by atoms with Crippen LogP contribution in [0, 0.1) is 5.92 Å². The zero-order chi connectivity index (χ0) is 13.3. The molecule has 1 aromatic carbocycles. The van der Waals surface area contributed by atoms with Crippen LogP contribution in [0.4, 0.5) is 0 Å². The SMILES string of the molecule is OCC(c1ccc(Cl)cc1)(C1CC1)N1CCNCC1. The van der Waals surface area contributed by atoms with Crippen molar-refractivity contribution in [2.75, 3.05) is 32.8 Å². The molecule has 1 aromatic rings. The summed E-state index contributed by atoms with van der Waals surface area (Å²) >= 11 is 6.00. The molecule has 0 amide bonds. The van der Waals surface area contributed by atoms with Gasteiger partial charge in [0.15, 0.2) is 0 Å². The van der Waals surface area contributed by atoms with Crippen molar-refractivity contribution < 1.29 is 5.11 Å². The minimum absolute atomic E-state index is 0.194. The van der Waals surface area contributed by atoms with Crippen molar-refractivity contribution in [2.24, 2.45) is 5.92 Å². The first-order valence-corrected chi connectivity index (χ1v) is 7.48. The molecule has 19 heavy (non-hydrogen) atoms. The van der Waals surface area contributed by atoms with Gasteiger partial charge < -0.3 is 10.4 Å². The smallest absolute Gasteiger partial charge is 0.0723 e. The highest BCUT2D eigenvalue weighted by Gasteiger charge is 2.50. The van der Waals surface area contributed by atoms with E-state index in [1.165, 1.54) is 18.4 Å². The lowest BCUT2D eigenvalue weighted by Crippen LogP contribution is -2.57. The Hall–Kier alpha value is -0.610. The number of hydrogen-bond acceptors (Lipinski definition) is 3. The van der Waals surface area contributed by atoms with Crippen molar-refractivity contribution in [3.8, 4) is 0 Å². The molecule has 3 rings (SSSR count). The first-order chi connectivity index (χ1) is 9.27. The standard InChI is InChI=1S/C15H21ClN2O/c16-14-5-3-13(4-6-14)15(11-19,12-1-2-12)18-9-7-17-8-10-18/h3-6,12,17,19H,1-2,7-11H2. The monoisotopic (exact) mass is 280 g/mol. The van der Waals surface area contributed by atoms with Gasteiger partial charge in [-0.05, 0) is 36.5 Å². The molecule has 1 unspecified atom stereocenters. The van der Waals surface area contributed by atoms with E-state index in [-0.39, 0.29) is 12.1 Å². The zero-order valence-electron chi connectivity index (χ0n) is 11.1. The summed E-state index contributed by atoms with van der Waals surface area (Å²) in [7, 11) is 0. The van der Waals surface area contributed by atoms with E-state index in [1.54, 1.807) is 0 Å². The fraction of sp³-hybridized carbons (Fsp3) is 0.600. The molecule has 2 fully saturated rings. The Balaban J connectivity index is 1.97. The molecule has 104 valence electrons. The number of nitrogens with zero attached hydrogens (tertiary/aromatic N) is 1. The molecule has 0 aromatic heterocycles. The van der Waals surface area contributed by atoms with Gasteiger partial charge in [0.1, 0.15) is 0 Å². The van der Waals surface area contributed by atoms with Crippen molar-refractivity contribution >= 4 is 11.6 Å². The van der Waals surface area contributed by atoms with Crippen LogP contribution in [0.1, 0.15) is 18.4 Å². The molecule has 1 saturated heterocycles. The lowest BCUT2D eigenvalue weighted by molar-refractivity contribution is -0.000433. The molecular weight excluding hydrogens is 260 g/mol. The van der Waals surface area contributed by atoms with E-state index in [2.05, 4.69) is 22.3 Å². The van der Waals surface area contributed by atoms with Crippen LogP contribution in [-0.2, 0) is 5.54 Å². The number of nitrogens with one attached hydrogen (secondary N) is 1. The van der Waals surface area contributed by atoms with Crippen molar-refractivity contribution in [3.63, 3.8) is 0 Å². The van der Waals surface area contributed by atoms with Crippen LogP contribution < -0.4 is 5.32 Å². The largest absolute Gasteiger partial charge is 0.394 e. The normalized spacial score (nSPS) is 24.1. The Bertz CT molecular complexity index is 426. The second-order valence-electron chi connectivity index (χ2n) is 5.60. The number of piperazine rings is 1. The molecule has 1 aliphatic carbocycles. The van der Waals surface area contributed by atoms with Gasteiger partial charge in [0.25, 0.3) is 0 Å². The van der Waals surface area contributed by atoms with Crippen LogP contribution in [0.3, 0.4) is 0 Å². The molecule has 2 N–H and O–H groups in total. The number of aliphatic hydroxyl groups is 1. The highest BCUT2D eigenvalue weighted by molar-refractivity contribution is 6.30. The summed E-state index contributed by atoms with van der Waals surface area (Å²) in [6.45, 7) is 4.20. The second-order valence-corrected chi connectivity index (χ2v) is 6.04. The lowest BCUT2D eigenvalue weighted by atomic mass is 9.83. The Morgan fingerprint density at radius 2 is 1.84 bits per heavy atom. The van der Waals surface area contributed by atoms with E-state index in [4.69, 9.17) is 11.6 Å². The molecule has 0 radical (unpaired) electrons. The van der Waals surface area contributed by atoms with Gasteiger partial charge in [0.2, 0.25) is 0 Å². The van der Waals surface area contributed by atoms with Gasteiger partial charge in [-0.15, -0.1) is 0 Å². The highest BCUT2D eigenvalue weighted by Crippen LogP contribution is 2.49. The maximum atomic E-state index is 10.2. The topological polar surface area (TPSA) is 35.5 Å². The first-order valence-electron chi connectivity index (χ1n) is 7.10. The van der Waals surface area contributed by atoms with Crippen LogP contribution in [0.2, 0.25) is 5.02 Å². The van der Waals surface area contributed by atoms with Gasteiger partial charge in [-0.25, -0.2) is 0 Å². The molecule has 0 bridgehead atoms. The van der Waals surface area contributed by atoms with Gasteiger partial charge in [-0.3, -0.25) is 4.90 Å². The quantitative estimate of drug-likeness (QED) is 0.884. The van der Waals surface area contributed by atoms with E-state index in [0.29, 0.717) is 5.92 Å². The Labute approximate surface area is 119 Å². The molecule has 3 nitrogen and oxygen atoms in total. The molecule has 1 heterocycles. The maximum Gasteiger partial charge on any atom is 0.0723 e. The van der Waals surface area contributed by atoms with Crippen LogP contribution in [0.5, 0.6) is 0 Å². The van der Waals surface area contributed by atoms with Crippen LogP contribution in [-0.4, -0.2) is 42.8 Å². The van der Waals surface area contributed by atoms with E-state index in [0.717, 1.165) is 31.2 Å². The first kappa shape index (κ1) is 13.4. The van der Waals surface area contributed by atoms with E-state index in [1.807, 2.05) is 12.1 Å².